The molecule has 0 unspecified atom stereocenters. The zero-order valence-corrected chi connectivity index (χ0v) is 18.2. The largest absolute Gasteiger partial charge is 0.462 e. The van der Waals surface area contributed by atoms with Gasteiger partial charge in [-0.3, -0.25) is 4.99 Å². The number of benzene rings is 2. The lowest BCUT2D eigenvalue weighted by Gasteiger charge is -2.10. The quantitative estimate of drug-likeness (QED) is 0.325. The first kappa shape index (κ1) is 20.4. The maximum Gasteiger partial charge on any atom is 0.338 e. The number of aliphatic imine (C=N–C) groups is 1. The first-order chi connectivity index (χ1) is 13.4. The molecule has 0 radical (unpaired) electrons. The van der Waals surface area contributed by atoms with Crippen LogP contribution in [0.3, 0.4) is 0 Å². The lowest BCUT2D eigenvalue weighted by atomic mass is 10.2. The van der Waals surface area contributed by atoms with Crippen LogP contribution in [0.15, 0.2) is 58.0 Å². The molecule has 0 bridgehead atoms. The molecule has 1 aromatic heterocycles. The van der Waals surface area contributed by atoms with E-state index in [4.69, 9.17) is 16.3 Å². The first-order valence-corrected chi connectivity index (χ1v) is 10.0. The number of hydrogen-bond donors (Lipinski definition) is 0. The molecule has 0 saturated heterocycles. The number of aromatic nitrogens is 1. The van der Waals surface area contributed by atoms with Gasteiger partial charge < -0.3 is 9.30 Å². The number of halogens is 2. The Kier molecular flexibility index (Phi) is 6.37. The van der Waals surface area contributed by atoms with Gasteiger partial charge in [-0.05, 0) is 85.2 Å². The van der Waals surface area contributed by atoms with E-state index in [1.54, 1.807) is 19.1 Å². The third kappa shape index (κ3) is 4.37. The number of nitrogens with zero attached hydrogens (tertiary/aromatic N) is 2. The summed E-state index contributed by atoms with van der Waals surface area (Å²) < 4.78 is 8.01. The van der Waals surface area contributed by atoms with Crippen molar-refractivity contribution in [2.24, 2.45) is 4.99 Å². The van der Waals surface area contributed by atoms with Gasteiger partial charge in [0.1, 0.15) is 0 Å². The molecule has 0 aliphatic heterocycles. The van der Waals surface area contributed by atoms with Crippen LogP contribution in [0.2, 0.25) is 5.02 Å². The van der Waals surface area contributed by atoms with Gasteiger partial charge in [0.2, 0.25) is 0 Å². The van der Waals surface area contributed by atoms with Crippen molar-refractivity contribution >= 4 is 45.4 Å². The Labute approximate surface area is 177 Å². The average molecular weight is 460 g/mol. The van der Waals surface area contributed by atoms with E-state index in [0.29, 0.717) is 17.2 Å². The van der Waals surface area contributed by atoms with Crippen molar-refractivity contribution in [3.63, 3.8) is 0 Å². The number of aryl methyl sites for hydroxylation is 1. The van der Waals surface area contributed by atoms with E-state index in [1.165, 1.54) is 0 Å². The maximum atomic E-state index is 11.8. The van der Waals surface area contributed by atoms with Crippen LogP contribution >= 0.6 is 27.5 Å². The summed E-state index contributed by atoms with van der Waals surface area (Å²) in [7, 11) is 0. The Bertz CT molecular complexity index is 1040. The Hall–Kier alpha value is -2.37. The predicted octanol–water partition coefficient (Wildman–Crippen LogP) is 6.44. The first-order valence-electron chi connectivity index (χ1n) is 8.86. The van der Waals surface area contributed by atoms with E-state index >= 15 is 0 Å². The van der Waals surface area contributed by atoms with Gasteiger partial charge in [-0.25, -0.2) is 4.79 Å². The number of carbonyl (C=O) groups excluding carboxylic acids is 1. The van der Waals surface area contributed by atoms with E-state index < -0.39 is 0 Å². The molecular weight excluding hydrogens is 440 g/mol. The van der Waals surface area contributed by atoms with Crippen LogP contribution in [-0.2, 0) is 4.74 Å². The highest BCUT2D eigenvalue weighted by Crippen LogP contribution is 2.27. The molecule has 4 nitrogen and oxygen atoms in total. The normalized spacial score (nSPS) is 11.2. The number of esters is 1. The second kappa shape index (κ2) is 8.76. The smallest absolute Gasteiger partial charge is 0.338 e. The van der Waals surface area contributed by atoms with E-state index in [1.807, 2.05) is 50.4 Å². The van der Waals surface area contributed by atoms with Crippen molar-refractivity contribution in [3.05, 3.63) is 80.5 Å². The third-order valence-electron chi connectivity index (χ3n) is 4.36. The molecule has 0 atom stereocenters. The Morgan fingerprint density at radius 1 is 1.18 bits per heavy atom. The van der Waals surface area contributed by atoms with Crippen LogP contribution in [0.5, 0.6) is 0 Å². The Morgan fingerprint density at radius 3 is 2.54 bits per heavy atom. The fourth-order valence-electron chi connectivity index (χ4n) is 2.99. The lowest BCUT2D eigenvalue weighted by molar-refractivity contribution is 0.0526. The highest BCUT2D eigenvalue weighted by atomic mass is 79.9. The van der Waals surface area contributed by atoms with E-state index in [9.17, 15) is 4.79 Å². The summed E-state index contributed by atoms with van der Waals surface area (Å²) in [4.78, 5) is 16.4. The van der Waals surface area contributed by atoms with Crippen molar-refractivity contribution in [2.75, 3.05) is 6.61 Å². The van der Waals surface area contributed by atoms with Crippen molar-refractivity contribution in [1.29, 1.82) is 0 Å². The summed E-state index contributed by atoms with van der Waals surface area (Å²) in [6.45, 7) is 6.25. The molecule has 0 fully saturated rings. The van der Waals surface area contributed by atoms with E-state index in [-0.39, 0.29) is 5.97 Å². The van der Waals surface area contributed by atoms with Crippen molar-refractivity contribution < 1.29 is 9.53 Å². The second-order valence-electron chi connectivity index (χ2n) is 6.29. The number of carbonyl (C=O) groups is 1. The minimum absolute atomic E-state index is 0.309. The predicted molar refractivity (Wildman–Crippen MR) is 118 cm³/mol. The molecule has 0 saturated carbocycles. The van der Waals surface area contributed by atoms with Gasteiger partial charge in [0.25, 0.3) is 0 Å². The summed E-state index contributed by atoms with van der Waals surface area (Å²) in [6, 6.07) is 15.1. The SMILES string of the molecule is CCOC(=O)c1ccc(-n2c(C)cc(C=Nc3ccc(Br)c(Cl)c3)c2C)cc1. The molecule has 0 aliphatic rings. The number of rotatable bonds is 5. The average Bonchev–Trinajstić information content (AvgIpc) is 2.96. The molecule has 2 aromatic carbocycles. The highest BCUT2D eigenvalue weighted by molar-refractivity contribution is 9.10. The monoisotopic (exact) mass is 458 g/mol. The molecule has 0 aliphatic carbocycles. The summed E-state index contributed by atoms with van der Waals surface area (Å²) in [5, 5.41) is 0.627. The molecule has 0 N–H and O–H groups in total. The van der Waals surface area contributed by atoms with Gasteiger partial charge in [-0.1, -0.05) is 11.6 Å². The standard InChI is InChI=1S/C22H20BrClN2O2/c1-4-28-22(27)16-5-8-19(9-6-16)26-14(2)11-17(15(26)3)13-25-18-7-10-20(23)21(24)12-18/h5-13H,4H2,1-3H3. The topological polar surface area (TPSA) is 43.6 Å². The molecule has 6 heteroatoms. The molecular formula is C22H20BrClN2O2. The van der Waals surface area contributed by atoms with E-state index in [2.05, 4.69) is 31.6 Å². The van der Waals surface area contributed by atoms with Gasteiger partial charge in [0, 0.05) is 33.3 Å². The molecule has 0 amide bonds. The second-order valence-corrected chi connectivity index (χ2v) is 7.55. The van der Waals surface area contributed by atoms with Gasteiger partial charge in [0.05, 0.1) is 22.9 Å². The van der Waals surface area contributed by atoms with Crippen LogP contribution in [-0.4, -0.2) is 23.4 Å². The molecule has 0 spiro atoms. The fraction of sp³-hybridized carbons (Fsp3) is 0.182. The summed E-state index contributed by atoms with van der Waals surface area (Å²) in [6.07, 6.45) is 1.84. The maximum absolute atomic E-state index is 11.8. The van der Waals surface area contributed by atoms with Gasteiger partial charge in [-0.15, -0.1) is 0 Å². The minimum Gasteiger partial charge on any atom is -0.462 e. The molecule has 144 valence electrons. The van der Waals surface area contributed by atoms with Crippen molar-refractivity contribution in [1.82, 2.24) is 4.57 Å². The highest BCUT2D eigenvalue weighted by Gasteiger charge is 2.11. The van der Waals surface area contributed by atoms with Crippen LogP contribution < -0.4 is 0 Å². The van der Waals surface area contributed by atoms with Crippen LogP contribution in [0.1, 0.15) is 34.2 Å². The van der Waals surface area contributed by atoms with E-state index in [0.717, 1.165) is 32.8 Å². The molecule has 3 aromatic rings. The fourth-order valence-corrected chi connectivity index (χ4v) is 3.41. The van der Waals surface area contributed by atoms with Crippen LogP contribution in [0.25, 0.3) is 5.69 Å². The zero-order valence-electron chi connectivity index (χ0n) is 15.9. The van der Waals surface area contributed by atoms with Crippen LogP contribution in [0, 0.1) is 13.8 Å². The summed E-state index contributed by atoms with van der Waals surface area (Å²) in [5.74, 6) is -0.309. The molecule has 3 rings (SSSR count). The minimum atomic E-state index is -0.309. The van der Waals surface area contributed by atoms with Crippen molar-refractivity contribution in [2.45, 2.75) is 20.8 Å². The van der Waals surface area contributed by atoms with Crippen molar-refractivity contribution in [3.8, 4) is 5.69 Å². The van der Waals surface area contributed by atoms with Crippen LogP contribution in [0.4, 0.5) is 5.69 Å². The number of hydrogen-bond acceptors (Lipinski definition) is 3. The summed E-state index contributed by atoms with van der Waals surface area (Å²) >= 11 is 9.52. The zero-order chi connectivity index (χ0) is 20.3. The third-order valence-corrected chi connectivity index (χ3v) is 5.60. The van der Waals surface area contributed by atoms with Gasteiger partial charge in [0.15, 0.2) is 0 Å². The Morgan fingerprint density at radius 2 is 1.89 bits per heavy atom. The van der Waals surface area contributed by atoms with Gasteiger partial charge >= 0.3 is 5.97 Å². The van der Waals surface area contributed by atoms with Gasteiger partial charge in [-0.2, -0.15) is 0 Å². The lowest BCUT2D eigenvalue weighted by Crippen LogP contribution is -2.05. The molecule has 1 heterocycles. The molecule has 28 heavy (non-hydrogen) atoms. The number of ether oxygens (including phenoxy) is 1. The summed E-state index contributed by atoms with van der Waals surface area (Å²) in [5.41, 5.74) is 5.48. The Balaban J connectivity index is 1.88.